The lowest BCUT2D eigenvalue weighted by Gasteiger charge is -2.19. The molecule has 1 aliphatic carbocycles. The summed E-state index contributed by atoms with van der Waals surface area (Å²) in [6.07, 6.45) is 2.50. The van der Waals surface area contributed by atoms with Gasteiger partial charge in [-0.1, -0.05) is 45.0 Å². The predicted octanol–water partition coefficient (Wildman–Crippen LogP) is 5.77. The number of rotatable bonds is 5. The van der Waals surface area contributed by atoms with E-state index in [1.54, 1.807) is 13.3 Å². The minimum absolute atomic E-state index is 0.00743. The van der Waals surface area contributed by atoms with Crippen LogP contribution < -0.4 is 10.2 Å². The first-order chi connectivity index (χ1) is 13.2. The number of nitrogens with zero attached hydrogens (tertiary/aromatic N) is 1. The van der Waals surface area contributed by atoms with E-state index >= 15 is 0 Å². The maximum atomic E-state index is 12.4. The fourth-order valence-electron chi connectivity index (χ4n) is 3.19. The second-order valence-corrected chi connectivity index (χ2v) is 9.78. The highest BCUT2D eigenvalue weighted by Crippen LogP contribution is 2.47. The van der Waals surface area contributed by atoms with E-state index in [0.29, 0.717) is 0 Å². The summed E-state index contributed by atoms with van der Waals surface area (Å²) in [7, 11) is 1.61. The average molecular weight is 508 g/mol. The van der Waals surface area contributed by atoms with E-state index in [1.165, 1.54) is 11.1 Å². The van der Waals surface area contributed by atoms with E-state index in [4.69, 9.17) is 4.74 Å². The Morgan fingerprint density at radius 3 is 2.32 bits per heavy atom. The lowest BCUT2D eigenvalue weighted by molar-refractivity contribution is -0.122. The largest absolute Gasteiger partial charge is 0.494 e. The van der Waals surface area contributed by atoms with Crippen LogP contribution in [0.4, 0.5) is 0 Å². The molecule has 0 unspecified atom stereocenters. The molecule has 1 fully saturated rings. The summed E-state index contributed by atoms with van der Waals surface area (Å²) in [5, 5.41) is 4.11. The molecule has 2 aromatic carbocycles. The number of amides is 1. The predicted molar refractivity (Wildman–Crippen MR) is 120 cm³/mol. The van der Waals surface area contributed by atoms with Crippen LogP contribution in [-0.2, 0) is 10.2 Å². The summed E-state index contributed by atoms with van der Waals surface area (Å²) in [6, 6.07) is 12.4. The maximum Gasteiger partial charge on any atom is 0.243 e. The molecule has 1 N–H and O–H groups in total. The first-order valence-corrected chi connectivity index (χ1v) is 10.8. The van der Waals surface area contributed by atoms with Crippen molar-refractivity contribution < 1.29 is 9.53 Å². The number of hydrogen-bond donors (Lipinski definition) is 1. The van der Waals surface area contributed by atoms with Crippen LogP contribution in [0, 0.1) is 5.92 Å². The van der Waals surface area contributed by atoms with E-state index in [-0.39, 0.29) is 23.2 Å². The third-order valence-electron chi connectivity index (χ3n) is 4.95. The Kier molecular flexibility index (Phi) is 6.30. The second kappa shape index (κ2) is 8.37. The van der Waals surface area contributed by atoms with Crippen molar-refractivity contribution in [2.24, 2.45) is 11.0 Å². The van der Waals surface area contributed by atoms with Crippen molar-refractivity contribution in [1.29, 1.82) is 0 Å². The number of hydrazone groups is 1. The number of methoxy groups -OCH3 is 1. The smallest absolute Gasteiger partial charge is 0.243 e. The van der Waals surface area contributed by atoms with Crippen LogP contribution in [0.2, 0.25) is 0 Å². The van der Waals surface area contributed by atoms with Crippen LogP contribution in [0.3, 0.4) is 0 Å². The topological polar surface area (TPSA) is 50.7 Å². The van der Waals surface area contributed by atoms with Gasteiger partial charge in [-0.05, 0) is 78.4 Å². The highest BCUT2D eigenvalue weighted by Gasteiger charge is 2.44. The molecular weight excluding hydrogens is 484 g/mol. The Balaban J connectivity index is 1.57. The molecule has 3 rings (SSSR count). The molecule has 0 spiro atoms. The van der Waals surface area contributed by atoms with Gasteiger partial charge in [-0.15, -0.1) is 0 Å². The third-order valence-corrected chi connectivity index (χ3v) is 6.12. The molecule has 0 bridgehead atoms. The van der Waals surface area contributed by atoms with E-state index in [2.05, 4.69) is 87.4 Å². The van der Waals surface area contributed by atoms with Crippen LogP contribution in [-0.4, -0.2) is 19.2 Å². The van der Waals surface area contributed by atoms with Crippen molar-refractivity contribution in [3.63, 3.8) is 0 Å². The summed E-state index contributed by atoms with van der Waals surface area (Å²) < 4.78 is 6.92. The summed E-state index contributed by atoms with van der Waals surface area (Å²) >= 11 is 6.92. The number of halogens is 2. The minimum atomic E-state index is -0.0345. The van der Waals surface area contributed by atoms with E-state index in [9.17, 15) is 4.79 Å². The quantitative estimate of drug-likeness (QED) is 0.412. The molecule has 28 heavy (non-hydrogen) atoms. The molecule has 1 saturated carbocycles. The Bertz CT molecular complexity index is 879. The fourth-order valence-corrected chi connectivity index (χ4v) is 4.73. The van der Waals surface area contributed by atoms with E-state index < -0.39 is 0 Å². The Morgan fingerprint density at radius 2 is 1.79 bits per heavy atom. The summed E-state index contributed by atoms with van der Waals surface area (Å²) in [6.45, 7) is 6.61. The molecule has 2 aromatic rings. The van der Waals surface area contributed by atoms with Gasteiger partial charge in [-0.2, -0.15) is 5.10 Å². The monoisotopic (exact) mass is 506 g/mol. The number of nitrogens with one attached hydrogen (secondary N) is 1. The standard InChI is InChI=1S/C22H24Br2N2O2/c1-22(2,3)15-7-5-14(6-8-15)16-11-17(16)21(27)26-25-12-13-9-18(23)20(28-4)19(24)10-13/h5-10,12,16-17H,11H2,1-4H3,(H,26,27)/b25-12+/t16-,17+/m1/s1. The molecule has 148 valence electrons. The van der Waals surface area contributed by atoms with Gasteiger partial charge >= 0.3 is 0 Å². The fraction of sp³-hybridized carbons (Fsp3) is 0.364. The first-order valence-electron chi connectivity index (χ1n) is 9.17. The average Bonchev–Trinajstić information content (AvgIpc) is 3.42. The SMILES string of the molecule is COc1c(Br)cc(/C=N/NC(=O)[C@H]2C[C@@H]2c2ccc(C(C)(C)C)cc2)cc1Br. The minimum Gasteiger partial charge on any atom is -0.494 e. The zero-order chi connectivity index (χ0) is 20.5. The number of benzene rings is 2. The van der Waals surface area contributed by atoms with E-state index in [0.717, 1.165) is 26.7 Å². The highest BCUT2D eigenvalue weighted by molar-refractivity contribution is 9.11. The second-order valence-electron chi connectivity index (χ2n) is 8.07. The van der Waals surface area contributed by atoms with Crippen molar-refractivity contribution in [2.75, 3.05) is 7.11 Å². The molecule has 4 nitrogen and oxygen atoms in total. The lowest BCUT2D eigenvalue weighted by atomic mass is 9.86. The van der Waals surface area contributed by atoms with Gasteiger partial charge in [0.25, 0.3) is 0 Å². The summed E-state index contributed by atoms with van der Waals surface area (Å²) in [5.41, 5.74) is 6.18. The molecule has 1 amide bonds. The molecule has 2 atom stereocenters. The van der Waals surface area contributed by atoms with Gasteiger partial charge in [0.05, 0.1) is 22.3 Å². The van der Waals surface area contributed by atoms with Crippen LogP contribution >= 0.6 is 31.9 Å². The lowest BCUT2D eigenvalue weighted by Crippen LogP contribution is -2.20. The van der Waals surface area contributed by atoms with Gasteiger partial charge in [0.2, 0.25) is 5.91 Å². The number of carbonyl (C=O) groups excluding carboxylic acids is 1. The Labute approximate surface area is 183 Å². The third kappa shape index (κ3) is 4.84. The van der Waals surface area contributed by atoms with Gasteiger partial charge in [0.15, 0.2) is 0 Å². The first kappa shape index (κ1) is 21.1. The number of hydrogen-bond acceptors (Lipinski definition) is 3. The number of ether oxygens (including phenoxy) is 1. The van der Waals surface area contributed by atoms with Crippen LogP contribution in [0.1, 0.15) is 49.8 Å². The van der Waals surface area contributed by atoms with Gasteiger partial charge in [0, 0.05) is 5.92 Å². The highest BCUT2D eigenvalue weighted by atomic mass is 79.9. The van der Waals surface area contributed by atoms with Crippen LogP contribution in [0.5, 0.6) is 5.75 Å². The molecule has 0 saturated heterocycles. The molecular formula is C22H24Br2N2O2. The van der Waals surface area contributed by atoms with Gasteiger partial charge in [0.1, 0.15) is 5.75 Å². The molecule has 0 radical (unpaired) electrons. The molecule has 0 aromatic heterocycles. The van der Waals surface area contributed by atoms with Crippen molar-refractivity contribution in [3.8, 4) is 5.75 Å². The van der Waals surface area contributed by atoms with Gasteiger partial charge < -0.3 is 4.74 Å². The van der Waals surface area contributed by atoms with Crippen molar-refractivity contribution in [3.05, 3.63) is 62.0 Å². The van der Waals surface area contributed by atoms with Crippen LogP contribution in [0.15, 0.2) is 50.4 Å². The van der Waals surface area contributed by atoms with E-state index in [1.807, 2.05) is 12.1 Å². The number of carbonyl (C=O) groups is 1. The van der Waals surface area contributed by atoms with Gasteiger partial charge in [-0.3, -0.25) is 4.79 Å². The van der Waals surface area contributed by atoms with Crippen LogP contribution in [0.25, 0.3) is 0 Å². The Hall–Kier alpha value is -1.66. The van der Waals surface area contributed by atoms with Crippen molar-refractivity contribution in [1.82, 2.24) is 5.43 Å². The Morgan fingerprint density at radius 1 is 1.18 bits per heavy atom. The molecule has 1 aliphatic rings. The summed E-state index contributed by atoms with van der Waals surface area (Å²) in [4.78, 5) is 12.4. The van der Waals surface area contributed by atoms with Crippen molar-refractivity contribution in [2.45, 2.75) is 38.5 Å². The molecule has 0 aliphatic heterocycles. The zero-order valence-electron chi connectivity index (χ0n) is 16.4. The molecule has 0 heterocycles. The zero-order valence-corrected chi connectivity index (χ0v) is 19.6. The summed E-state index contributed by atoms with van der Waals surface area (Å²) in [5.74, 6) is 0.966. The normalized spacial score (nSPS) is 18.9. The maximum absolute atomic E-state index is 12.4. The van der Waals surface area contributed by atoms with Crippen molar-refractivity contribution >= 4 is 44.0 Å². The van der Waals surface area contributed by atoms with Gasteiger partial charge in [-0.25, -0.2) is 5.43 Å². The molecule has 6 heteroatoms.